The van der Waals surface area contributed by atoms with Crippen molar-refractivity contribution in [1.29, 1.82) is 0 Å². The van der Waals surface area contributed by atoms with E-state index in [4.69, 9.17) is 9.47 Å². The molecule has 118 valence electrons. The molecule has 1 atom stereocenters. The summed E-state index contributed by atoms with van der Waals surface area (Å²) in [6.45, 7) is 9.66. The van der Waals surface area contributed by atoms with Gasteiger partial charge in [-0.15, -0.1) is 0 Å². The van der Waals surface area contributed by atoms with Crippen molar-refractivity contribution in [3.05, 3.63) is 23.8 Å². The second kappa shape index (κ2) is 9.10. The van der Waals surface area contributed by atoms with Gasteiger partial charge in [0, 0.05) is 6.54 Å². The number of nitrogens with one attached hydrogen (secondary N) is 2. The van der Waals surface area contributed by atoms with Gasteiger partial charge in [0.2, 0.25) is 0 Å². The molecule has 0 spiro atoms. The molecular formula is C16H26N2O3. The van der Waals surface area contributed by atoms with E-state index < -0.39 is 0 Å². The molecule has 0 aliphatic heterocycles. The van der Waals surface area contributed by atoms with Crippen molar-refractivity contribution in [3.8, 4) is 11.5 Å². The Kier molecular flexibility index (Phi) is 7.43. The smallest absolute Gasteiger partial charge is 0.315 e. The third kappa shape index (κ3) is 5.53. The summed E-state index contributed by atoms with van der Waals surface area (Å²) in [7, 11) is 0. The molecule has 0 radical (unpaired) electrons. The molecule has 0 bridgehead atoms. The Morgan fingerprint density at radius 1 is 1.14 bits per heavy atom. The zero-order valence-electron chi connectivity index (χ0n) is 13.4. The van der Waals surface area contributed by atoms with Gasteiger partial charge < -0.3 is 20.1 Å². The third-order valence-electron chi connectivity index (χ3n) is 2.95. The molecule has 1 aromatic rings. The summed E-state index contributed by atoms with van der Waals surface area (Å²) in [6.07, 6.45) is 0.916. The molecule has 0 aliphatic carbocycles. The fourth-order valence-corrected chi connectivity index (χ4v) is 1.91. The van der Waals surface area contributed by atoms with Gasteiger partial charge in [0.05, 0.1) is 19.3 Å². The summed E-state index contributed by atoms with van der Waals surface area (Å²) >= 11 is 0. The number of carbonyl (C=O) groups is 1. The summed E-state index contributed by atoms with van der Waals surface area (Å²) in [4.78, 5) is 11.7. The molecule has 0 saturated heterocycles. The van der Waals surface area contributed by atoms with Crippen LogP contribution >= 0.6 is 0 Å². The number of hydrogen-bond acceptors (Lipinski definition) is 3. The number of rotatable bonds is 8. The van der Waals surface area contributed by atoms with Crippen LogP contribution in [0.5, 0.6) is 11.5 Å². The summed E-state index contributed by atoms with van der Waals surface area (Å²) in [5, 5.41) is 5.70. The summed E-state index contributed by atoms with van der Waals surface area (Å²) in [5.41, 5.74) is 0.980. The Hall–Kier alpha value is -1.91. The lowest BCUT2D eigenvalue weighted by molar-refractivity contribution is 0.238. The van der Waals surface area contributed by atoms with E-state index in [1.165, 1.54) is 0 Å². The van der Waals surface area contributed by atoms with Gasteiger partial charge in [0.1, 0.15) is 0 Å². The lowest BCUT2D eigenvalue weighted by Crippen LogP contribution is -2.37. The number of hydrogen-bond donors (Lipinski definition) is 2. The minimum atomic E-state index is -0.156. The molecule has 0 aromatic heterocycles. The van der Waals surface area contributed by atoms with E-state index in [2.05, 4.69) is 10.6 Å². The zero-order valence-corrected chi connectivity index (χ0v) is 13.4. The molecule has 0 unspecified atom stereocenters. The van der Waals surface area contributed by atoms with E-state index in [-0.39, 0.29) is 12.1 Å². The van der Waals surface area contributed by atoms with Crippen LogP contribution in [0.2, 0.25) is 0 Å². The van der Waals surface area contributed by atoms with Crippen molar-refractivity contribution >= 4 is 6.03 Å². The Labute approximate surface area is 127 Å². The van der Waals surface area contributed by atoms with Crippen LogP contribution in [0.3, 0.4) is 0 Å². The number of urea groups is 1. The van der Waals surface area contributed by atoms with Gasteiger partial charge in [-0.3, -0.25) is 0 Å². The molecule has 0 aliphatic rings. The molecule has 0 fully saturated rings. The first-order valence-electron chi connectivity index (χ1n) is 7.56. The second-order valence-electron chi connectivity index (χ2n) is 4.69. The van der Waals surface area contributed by atoms with E-state index >= 15 is 0 Å². The maximum atomic E-state index is 11.7. The molecule has 1 rings (SSSR count). The highest BCUT2D eigenvalue weighted by Gasteiger charge is 2.12. The van der Waals surface area contributed by atoms with Crippen LogP contribution in [0.1, 0.15) is 45.7 Å². The van der Waals surface area contributed by atoms with Crippen molar-refractivity contribution in [1.82, 2.24) is 10.6 Å². The Balaban J connectivity index is 2.77. The van der Waals surface area contributed by atoms with Crippen molar-refractivity contribution in [2.24, 2.45) is 0 Å². The second-order valence-corrected chi connectivity index (χ2v) is 4.69. The van der Waals surface area contributed by atoms with E-state index in [0.29, 0.717) is 25.5 Å². The minimum absolute atomic E-state index is 0.100. The highest BCUT2D eigenvalue weighted by atomic mass is 16.5. The van der Waals surface area contributed by atoms with E-state index in [1.807, 2.05) is 45.9 Å². The first kappa shape index (κ1) is 17.1. The molecule has 5 heteroatoms. The van der Waals surface area contributed by atoms with Gasteiger partial charge in [0.15, 0.2) is 11.5 Å². The van der Waals surface area contributed by atoms with Gasteiger partial charge >= 0.3 is 6.03 Å². The van der Waals surface area contributed by atoms with Crippen LogP contribution < -0.4 is 20.1 Å². The van der Waals surface area contributed by atoms with E-state index in [0.717, 1.165) is 17.7 Å². The maximum absolute atomic E-state index is 11.7. The molecule has 1 aromatic carbocycles. The van der Waals surface area contributed by atoms with Crippen LogP contribution in [-0.4, -0.2) is 25.8 Å². The van der Waals surface area contributed by atoms with Crippen LogP contribution in [-0.2, 0) is 0 Å². The Morgan fingerprint density at radius 2 is 1.81 bits per heavy atom. The molecule has 21 heavy (non-hydrogen) atoms. The predicted molar refractivity (Wildman–Crippen MR) is 84.0 cm³/mol. The number of carbonyl (C=O) groups excluding carboxylic acids is 1. The Bertz CT molecular complexity index is 449. The highest BCUT2D eigenvalue weighted by Crippen LogP contribution is 2.30. The summed E-state index contributed by atoms with van der Waals surface area (Å²) in [5.74, 6) is 1.44. The molecule has 2 N–H and O–H groups in total. The Morgan fingerprint density at radius 3 is 2.43 bits per heavy atom. The normalized spacial score (nSPS) is 11.6. The predicted octanol–water partition coefficient (Wildman–Crippen LogP) is 3.25. The molecule has 2 amide bonds. The van der Waals surface area contributed by atoms with Crippen LogP contribution in [0.4, 0.5) is 4.79 Å². The number of ether oxygens (including phenoxy) is 2. The van der Waals surface area contributed by atoms with Gasteiger partial charge in [0.25, 0.3) is 0 Å². The average Bonchev–Trinajstić information content (AvgIpc) is 2.47. The van der Waals surface area contributed by atoms with Gasteiger partial charge in [-0.1, -0.05) is 13.0 Å². The molecule has 0 saturated carbocycles. The molecular weight excluding hydrogens is 268 g/mol. The summed E-state index contributed by atoms with van der Waals surface area (Å²) < 4.78 is 11.1. The topological polar surface area (TPSA) is 59.6 Å². The first-order valence-corrected chi connectivity index (χ1v) is 7.56. The average molecular weight is 294 g/mol. The standard InChI is InChI=1S/C16H26N2O3/c1-5-10-17-16(19)18-12(4)13-8-9-14(20-6-2)15(11-13)21-7-3/h8-9,11-12H,5-7,10H2,1-4H3,(H2,17,18,19)/t12-/m1/s1. The third-order valence-corrected chi connectivity index (χ3v) is 2.95. The van der Waals surface area contributed by atoms with Crippen LogP contribution in [0.25, 0.3) is 0 Å². The van der Waals surface area contributed by atoms with Crippen LogP contribution in [0.15, 0.2) is 18.2 Å². The lowest BCUT2D eigenvalue weighted by Gasteiger charge is -2.17. The fourth-order valence-electron chi connectivity index (χ4n) is 1.91. The molecule has 5 nitrogen and oxygen atoms in total. The minimum Gasteiger partial charge on any atom is -0.490 e. The SMILES string of the molecule is CCCNC(=O)N[C@H](C)c1ccc(OCC)c(OCC)c1. The van der Waals surface area contributed by atoms with Crippen molar-refractivity contribution in [2.75, 3.05) is 19.8 Å². The number of amides is 2. The monoisotopic (exact) mass is 294 g/mol. The van der Waals surface area contributed by atoms with Gasteiger partial charge in [-0.05, 0) is 44.9 Å². The molecule has 0 heterocycles. The van der Waals surface area contributed by atoms with Gasteiger partial charge in [-0.25, -0.2) is 4.79 Å². The van der Waals surface area contributed by atoms with Crippen molar-refractivity contribution in [3.63, 3.8) is 0 Å². The fraction of sp³-hybridized carbons (Fsp3) is 0.562. The van der Waals surface area contributed by atoms with Crippen LogP contribution in [0, 0.1) is 0 Å². The van der Waals surface area contributed by atoms with E-state index in [9.17, 15) is 4.79 Å². The van der Waals surface area contributed by atoms with Crippen molar-refractivity contribution in [2.45, 2.75) is 40.2 Å². The van der Waals surface area contributed by atoms with Crippen molar-refractivity contribution < 1.29 is 14.3 Å². The largest absolute Gasteiger partial charge is 0.490 e. The maximum Gasteiger partial charge on any atom is 0.315 e. The number of benzene rings is 1. The summed E-state index contributed by atoms with van der Waals surface area (Å²) in [6, 6.07) is 5.48. The van der Waals surface area contributed by atoms with Gasteiger partial charge in [-0.2, -0.15) is 0 Å². The highest BCUT2D eigenvalue weighted by molar-refractivity contribution is 5.74. The zero-order chi connectivity index (χ0) is 15.7. The van der Waals surface area contributed by atoms with E-state index in [1.54, 1.807) is 0 Å². The quantitative estimate of drug-likeness (QED) is 0.773. The lowest BCUT2D eigenvalue weighted by atomic mass is 10.1. The first-order chi connectivity index (χ1) is 10.1.